The van der Waals surface area contributed by atoms with Crippen LogP contribution in [0.2, 0.25) is 5.15 Å². The van der Waals surface area contributed by atoms with Crippen LogP contribution in [-0.2, 0) is 14.9 Å². The van der Waals surface area contributed by atoms with Crippen molar-refractivity contribution in [3.05, 3.63) is 46.5 Å². The number of pyridine rings is 1. The molecule has 0 fully saturated rings. The Hall–Kier alpha value is -2.43. The van der Waals surface area contributed by atoms with E-state index in [0.717, 1.165) is 10.6 Å². The number of nitrogens with zero attached hydrogens (tertiary/aromatic N) is 2. The van der Waals surface area contributed by atoms with Gasteiger partial charge in [0.05, 0.1) is 35.5 Å². The van der Waals surface area contributed by atoms with Crippen molar-refractivity contribution in [2.24, 2.45) is 0 Å². The Kier molecular flexibility index (Phi) is 7.62. The van der Waals surface area contributed by atoms with E-state index in [1.165, 1.54) is 31.4 Å². The molecule has 8 nitrogen and oxygen atoms in total. The third kappa shape index (κ3) is 5.59. The topological polar surface area (TPSA) is 101 Å². The number of hydrogen-bond acceptors (Lipinski definition) is 6. The summed E-state index contributed by atoms with van der Waals surface area (Å²) in [6.07, 6.45) is 2.28. The summed E-state index contributed by atoms with van der Waals surface area (Å²) in [5.41, 5.74) is 3.23. The van der Waals surface area contributed by atoms with Crippen LogP contribution in [0.3, 0.4) is 0 Å². The molecule has 1 amide bonds. The molecular weight excluding hydrogens is 435 g/mol. The average molecular weight is 459 g/mol. The van der Waals surface area contributed by atoms with Crippen molar-refractivity contribution in [2.75, 3.05) is 29.5 Å². The van der Waals surface area contributed by atoms with Crippen LogP contribution in [0.5, 0.6) is 0 Å². The molecule has 2 rings (SSSR count). The summed E-state index contributed by atoms with van der Waals surface area (Å²) in [5.74, 6) is -1.28. The zero-order chi connectivity index (χ0) is 22.6. The third-order valence-corrected chi connectivity index (χ3v) is 5.67. The normalized spacial score (nSPS) is 11.5. The van der Waals surface area contributed by atoms with Gasteiger partial charge in [0.25, 0.3) is 5.91 Å². The summed E-state index contributed by atoms with van der Waals surface area (Å²) in [5, 5.41) is 3.00. The molecule has 164 valence electrons. The fourth-order valence-corrected chi connectivity index (χ4v) is 3.28. The van der Waals surface area contributed by atoms with Crippen molar-refractivity contribution < 1.29 is 22.4 Å². The molecule has 0 bridgehead atoms. The predicted octanol–water partition coefficient (Wildman–Crippen LogP) is 3.82. The molecule has 0 aliphatic carbocycles. The number of rotatable bonds is 8. The number of aromatic nitrogens is 1. The van der Waals surface area contributed by atoms with Crippen molar-refractivity contribution in [3.8, 4) is 0 Å². The van der Waals surface area contributed by atoms with Gasteiger partial charge in [0.15, 0.2) is 0 Å². The van der Waals surface area contributed by atoms with Crippen molar-refractivity contribution in [2.45, 2.75) is 26.7 Å². The van der Waals surface area contributed by atoms with E-state index in [2.05, 4.69) is 15.8 Å². The first-order valence-electron chi connectivity index (χ1n) is 9.07. The number of carbonyl (C=O) groups excluding carboxylic acids is 1. The predicted molar refractivity (Wildman–Crippen MR) is 115 cm³/mol. The van der Waals surface area contributed by atoms with Gasteiger partial charge in [-0.15, -0.1) is 0 Å². The van der Waals surface area contributed by atoms with Crippen molar-refractivity contribution in [3.63, 3.8) is 0 Å². The Labute approximate surface area is 180 Å². The number of halogens is 2. The standard InChI is InChI=1S/C19H24ClFN4O4S/c1-6-29-24-19(26)13-10-22-18(20)9-15(13)23-16-8-14(21)12(11(2)3)7-17(16)25(4)30(5,27)28/h7-11H,6H2,1-5H3,(H,22,23)(H,24,26). The van der Waals surface area contributed by atoms with Crippen LogP contribution in [0.15, 0.2) is 24.4 Å². The van der Waals surface area contributed by atoms with Gasteiger partial charge in [0.1, 0.15) is 11.0 Å². The highest BCUT2D eigenvalue weighted by Crippen LogP contribution is 2.36. The molecular formula is C19H24ClFN4O4S. The first kappa shape index (κ1) is 23.8. The highest BCUT2D eigenvalue weighted by Gasteiger charge is 2.22. The first-order valence-corrected chi connectivity index (χ1v) is 11.3. The zero-order valence-electron chi connectivity index (χ0n) is 17.3. The van der Waals surface area contributed by atoms with Crippen molar-refractivity contribution in [1.29, 1.82) is 0 Å². The van der Waals surface area contributed by atoms with Crippen LogP contribution >= 0.6 is 11.6 Å². The largest absolute Gasteiger partial charge is 0.353 e. The van der Waals surface area contributed by atoms with Gasteiger partial charge in [0, 0.05) is 13.2 Å². The fraction of sp³-hybridized carbons (Fsp3) is 0.368. The summed E-state index contributed by atoms with van der Waals surface area (Å²) >= 11 is 5.97. The minimum atomic E-state index is -3.64. The van der Waals surface area contributed by atoms with Gasteiger partial charge in [-0.2, -0.15) is 0 Å². The molecule has 1 aromatic carbocycles. The summed E-state index contributed by atoms with van der Waals surface area (Å²) < 4.78 is 40.0. The zero-order valence-corrected chi connectivity index (χ0v) is 18.9. The maximum Gasteiger partial charge on any atom is 0.278 e. The van der Waals surface area contributed by atoms with Crippen LogP contribution < -0.4 is 15.1 Å². The van der Waals surface area contributed by atoms with E-state index in [1.54, 1.807) is 20.8 Å². The van der Waals surface area contributed by atoms with Crippen LogP contribution in [0.4, 0.5) is 21.5 Å². The van der Waals surface area contributed by atoms with Crippen LogP contribution in [-0.4, -0.2) is 39.2 Å². The SMILES string of the molecule is CCONC(=O)c1cnc(Cl)cc1Nc1cc(F)c(C(C)C)cc1N(C)S(C)(=O)=O. The minimum absolute atomic E-state index is 0.0779. The molecule has 0 spiro atoms. The second-order valence-corrected chi connectivity index (χ2v) is 9.22. The molecule has 0 saturated heterocycles. The van der Waals surface area contributed by atoms with Gasteiger partial charge in [-0.3, -0.25) is 13.9 Å². The molecule has 11 heteroatoms. The molecule has 0 atom stereocenters. The van der Waals surface area contributed by atoms with E-state index in [9.17, 15) is 17.6 Å². The molecule has 1 aromatic heterocycles. The Morgan fingerprint density at radius 1 is 1.30 bits per heavy atom. The van der Waals surface area contributed by atoms with Gasteiger partial charge in [0.2, 0.25) is 10.0 Å². The number of amides is 1. The molecule has 0 unspecified atom stereocenters. The Bertz CT molecular complexity index is 1050. The highest BCUT2D eigenvalue weighted by molar-refractivity contribution is 7.92. The molecule has 0 aliphatic rings. The molecule has 30 heavy (non-hydrogen) atoms. The lowest BCUT2D eigenvalue weighted by Crippen LogP contribution is -2.26. The number of nitrogens with one attached hydrogen (secondary N) is 2. The van der Waals surface area contributed by atoms with Crippen molar-refractivity contribution in [1.82, 2.24) is 10.5 Å². The smallest absolute Gasteiger partial charge is 0.278 e. The van der Waals surface area contributed by atoms with E-state index in [0.29, 0.717) is 5.56 Å². The maximum absolute atomic E-state index is 14.7. The Balaban J connectivity index is 2.61. The quantitative estimate of drug-likeness (QED) is 0.460. The van der Waals surface area contributed by atoms with Gasteiger partial charge in [-0.1, -0.05) is 25.4 Å². The number of hydroxylamine groups is 1. The monoisotopic (exact) mass is 458 g/mol. The highest BCUT2D eigenvalue weighted by atomic mass is 35.5. The molecule has 0 radical (unpaired) electrons. The summed E-state index contributed by atoms with van der Waals surface area (Å²) in [7, 11) is -2.28. The number of hydrogen-bond donors (Lipinski definition) is 2. The van der Waals surface area contributed by atoms with Gasteiger partial charge in [-0.25, -0.2) is 23.3 Å². The van der Waals surface area contributed by atoms with E-state index >= 15 is 0 Å². The summed E-state index contributed by atoms with van der Waals surface area (Å²) in [6.45, 7) is 5.55. The number of carbonyl (C=O) groups is 1. The lowest BCUT2D eigenvalue weighted by atomic mass is 10.0. The Morgan fingerprint density at radius 2 is 1.97 bits per heavy atom. The number of benzene rings is 1. The summed E-state index contributed by atoms with van der Waals surface area (Å²) in [6, 6.07) is 4.03. The lowest BCUT2D eigenvalue weighted by Gasteiger charge is -2.24. The Morgan fingerprint density at radius 3 is 2.53 bits per heavy atom. The average Bonchev–Trinajstić information content (AvgIpc) is 2.64. The van der Waals surface area contributed by atoms with Crippen molar-refractivity contribution >= 4 is 44.6 Å². The van der Waals surface area contributed by atoms with E-state index in [-0.39, 0.29) is 40.3 Å². The molecule has 2 N–H and O–H groups in total. The van der Waals surface area contributed by atoms with Crippen LogP contribution in [0.25, 0.3) is 0 Å². The third-order valence-electron chi connectivity index (χ3n) is 4.27. The molecule has 0 saturated carbocycles. The lowest BCUT2D eigenvalue weighted by molar-refractivity contribution is 0.0365. The summed E-state index contributed by atoms with van der Waals surface area (Å²) in [4.78, 5) is 21.2. The second-order valence-electron chi connectivity index (χ2n) is 6.82. The van der Waals surface area contributed by atoms with Gasteiger partial charge < -0.3 is 5.32 Å². The maximum atomic E-state index is 14.7. The molecule has 0 aliphatic heterocycles. The fourth-order valence-electron chi connectivity index (χ4n) is 2.61. The van der Waals surface area contributed by atoms with E-state index in [4.69, 9.17) is 16.4 Å². The van der Waals surface area contributed by atoms with E-state index in [1.807, 2.05) is 0 Å². The van der Waals surface area contributed by atoms with Crippen LogP contribution in [0, 0.1) is 5.82 Å². The van der Waals surface area contributed by atoms with Gasteiger partial charge in [-0.05, 0) is 36.6 Å². The minimum Gasteiger partial charge on any atom is -0.353 e. The second kappa shape index (κ2) is 9.59. The number of anilines is 3. The molecule has 1 heterocycles. The van der Waals surface area contributed by atoms with Crippen LogP contribution in [0.1, 0.15) is 42.6 Å². The molecule has 2 aromatic rings. The number of sulfonamides is 1. The van der Waals surface area contributed by atoms with Gasteiger partial charge >= 0.3 is 0 Å². The first-order chi connectivity index (χ1) is 14.0. The van der Waals surface area contributed by atoms with E-state index < -0.39 is 21.7 Å².